The Kier molecular flexibility index (Phi) is 7.31. The van der Waals surface area contributed by atoms with Crippen LogP contribution in [0.1, 0.15) is 37.0 Å². The minimum Gasteiger partial charge on any atom is -0.494 e. The van der Waals surface area contributed by atoms with E-state index >= 15 is 0 Å². The van der Waals surface area contributed by atoms with E-state index in [1.165, 1.54) is 11.3 Å². The van der Waals surface area contributed by atoms with E-state index in [0.717, 1.165) is 22.4 Å². The van der Waals surface area contributed by atoms with Gasteiger partial charge in [-0.3, -0.25) is 14.9 Å². The van der Waals surface area contributed by atoms with E-state index < -0.39 is 0 Å². The van der Waals surface area contributed by atoms with Gasteiger partial charge in [0.25, 0.3) is 5.91 Å². The zero-order chi connectivity index (χ0) is 21.5. The second-order valence-electron chi connectivity index (χ2n) is 6.38. The van der Waals surface area contributed by atoms with Crippen molar-refractivity contribution in [2.75, 3.05) is 17.2 Å². The summed E-state index contributed by atoms with van der Waals surface area (Å²) in [5, 5.41) is 9.17. The Morgan fingerprint density at radius 2 is 1.87 bits per heavy atom. The SMILES string of the molecule is CCCOc1ccc(C(=O)NC(=S)Nc2ccc3nc(NC(=O)CC)sc3c2)cc1. The van der Waals surface area contributed by atoms with Crippen molar-refractivity contribution >= 4 is 61.5 Å². The van der Waals surface area contributed by atoms with Crippen LogP contribution in [0.5, 0.6) is 5.75 Å². The van der Waals surface area contributed by atoms with Crippen LogP contribution in [0.2, 0.25) is 0 Å². The molecule has 0 saturated carbocycles. The van der Waals surface area contributed by atoms with Gasteiger partial charge in [-0.2, -0.15) is 0 Å². The molecule has 1 heterocycles. The summed E-state index contributed by atoms with van der Waals surface area (Å²) in [5.41, 5.74) is 1.97. The fraction of sp³-hybridized carbons (Fsp3) is 0.238. The maximum Gasteiger partial charge on any atom is 0.257 e. The van der Waals surface area contributed by atoms with Gasteiger partial charge in [-0.1, -0.05) is 25.2 Å². The smallest absolute Gasteiger partial charge is 0.257 e. The van der Waals surface area contributed by atoms with Crippen molar-refractivity contribution in [3.8, 4) is 5.75 Å². The molecule has 0 bridgehead atoms. The van der Waals surface area contributed by atoms with Crippen molar-refractivity contribution in [1.29, 1.82) is 0 Å². The highest BCUT2D eigenvalue weighted by Crippen LogP contribution is 2.28. The van der Waals surface area contributed by atoms with Crippen LogP contribution < -0.4 is 20.7 Å². The largest absolute Gasteiger partial charge is 0.494 e. The van der Waals surface area contributed by atoms with Gasteiger partial charge in [0.1, 0.15) is 5.75 Å². The van der Waals surface area contributed by atoms with Crippen LogP contribution in [0.25, 0.3) is 10.2 Å². The maximum atomic E-state index is 12.4. The molecular formula is C21H22N4O3S2. The van der Waals surface area contributed by atoms with Crippen molar-refractivity contribution in [3.05, 3.63) is 48.0 Å². The van der Waals surface area contributed by atoms with Gasteiger partial charge in [0.2, 0.25) is 5.91 Å². The summed E-state index contributed by atoms with van der Waals surface area (Å²) in [6, 6.07) is 12.4. The highest BCUT2D eigenvalue weighted by molar-refractivity contribution is 7.80. The fourth-order valence-corrected chi connectivity index (χ4v) is 3.66. The number of aromatic nitrogens is 1. The lowest BCUT2D eigenvalue weighted by Gasteiger charge is -2.10. The molecule has 0 aliphatic carbocycles. The number of nitrogens with zero attached hydrogens (tertiary/aromatic N) is 1. The summed E-state index contributed by atoms with van der Waals surface area (Å²) in [5.74, 6) is 0.334. The van der Waals surface area contributed by atoms with E-state index in [-0.39, 0.29) is 16.9 Å². The first-order valence-corrected chi connectivity index (χ1v) is 10.8. The predicted octanol–water partition coefficient (Wildman–Crippen LogP) is 4.56. The van der Waals surface area contributed by atoms with Crippen molar-refractivity contribution in [3.63, 3.8) is 0 Å². The van der Waals surface area contributed by atoms with Gasteiger partial charge < -0.3 is 15.4 Å². The molecule has 9 heteroatoms. The molecule has 3 N–H and O–H groups in total. The number of hydrogen-bond acceptors (Lipinski definition) is 6. The molecule has 0 spiro atoms. The maximum absolute atomic E-state index is 12.4. The first kappa shape index (κ1) is 21.7. The number of benzene rings is 2. The molecule has 3 aromatic rings. The van der Waals surface area contributed by atoms with Gasteiger partial charge in [0.15, 0.2) is 10.2 Å². The molecule has 2 aromatic carbocycles. The van der Waals surface area contributed by atoms with E-state index in [9.17, 15) is 9.59 Å². The number of anilines is 2. The number of rotatable bonds is 7. The Morgan fingerprint density at radius 1 is 1.10 bits per heavy atom. The molecule has 30 heavy (non-hydrogen) atoms. The van der Waals surface area contributed by atoms with Gasteiger partial charge in [0.05, 0.1) is 16.8 Å². The summed E-state index contributed by atoms with van der Waals surface area (Å²) in [7, 11) is 0. The minimum atomic E-state index is -0.307. The standard InChI is InChI=1S/C21H22N4O3S2/c1-3-11-28-15-8-5-13(6-9-15)19(27)25-20(29)22-14-7-10-16-17(12-14)30-21(23-16)24-18(26)4-2/h5-10,12H,3-4,11H2,1-2H3,(H,23,24,26)(H2,22,25,27,29). The summed E-state index contributed by atoms with van der Waals surface area (Å²) in [6.45, 7) is 4.45. The van der Waals surface area contributed by atoms with Crippen molar-refractivity contribution in [2.24, 2.45) is 0 Å². The molecule has 0 aliphatic heterocycles. The van der Waals surface area contributed by atoms with Gasteiger partial charge in [0, 0.05) is 17.7 Å². The number of fused-ring (bicyclic) bond motifs is 1. The first-order valence-electron chi connectivity index (χ1n) is 9.54. The highest BCUT2D eigenvalue weighted by atomic mass is 32.1. The molecule has 0 radical (unpaired) electrons. The lowest BCUT2D eigenvalue weighted by molar-refractivity contribution is -0.115. The Hall–Kier alpha value is -3.04. The van der Waals surface area contributed by atoms with Gasteiger partial charge >= 0.3 is 0 Å². The number of nitrogens with one attached hydrogen (secondary N) is 3. The van der Waals surface area contributed by atoms with Crippen molar-refractivity contribution in [1.82, 2.24) is 10.3 Å². The predicted molar refractivity (Wildman–Crippen MR) is 124 cm³/mol. The van der Waals surface area contributed by atoms with Gasteiger partial charge in [-0.05, 0) is 61.1 Å². The Bertz CT molecular complexity index is 1060. The molecule has 7 nitrogen and oxygen atoms in total. The molecule has 1 aromatic heterocycles. The summed E-state index contributed by atoms with van der Waals surface area (Å²) < 4.78 is 6.41. The monoisotopic (exact) mass is 442 g/mol. The topological polar surface area (TPSA) is 92.3 Å². The molecule has 3 rings (SSSR count). The van der Waals surface area contributed by atoms with E-state index in [0.29, 0.717) is 29.4 Å². The molecule has 156 valence electrons. The summed E-state index contributed by atoms with van der Waals surface area (Å²) in [6.07, 6.45) is 1.31. The average molecular weight is 443 g/mol. The molecule has 2 amide bonds. The normalized spacial score (nSPS) is 10.5. The van der Waals surface area contributed by atoms with E-state index in [1.54, 1.807) is 31.2 Å². The van der Waals surface area contributed by atoms with Crippen LogP contribution in [-0.2, 0) is 4.79 Å². The number of thiocarbonyl (C=S) groups is 1. The Morgan fingerprint density at radius 3 is 2.57 bits per heavy atom. The van der Waals surface area contributed by atoms with Crippen LogP contribution in [0, 0.1) is 0 Å². The fourth-order valence-electron chi connectivity index (χ4n) is 2.52. The molecule has 0 saturated heterocycles. The van der Waals surface area contributed by atoms with E-state index in [4.69, 9.17) is 17.0 Å². The van der Waals surface area contributed by atoms with Gasteiger partial charge in [-0.25, -0.2) is 4.98 Å². The number of thiazole rings is 1. The summed E-state index contributed by atoms with van der Waals surface area (Å²) in [4.78, 5) is 28.3. The first-order chi connectivity index (χ1) is 14.5. The van der Waals surface area contributed by atoms with Crippen molar-refractivity contribution in [2.45, 2.75) is 26.7 Å². The second-order valence-corrected chi connectivity index (χ2v) is 7.82. The molecule has 0 atom stereocenters. The zero-order valence-electron chi connectivity index (χ0n) is 16.7. The zero-order valence-corrected chi connectivity index (χ0v) is 18.3. The Labute approximate surface area is 183 Å². The lowest BCUT2D eigenvalue weighted by atomic mass is 10.2. The quantitative estimate of drug-likeness (QED) is 0.465. The number of carbonyl (C=O) groups is 2. The van der Waals surface area contributed by atoms with Crippen LogP contribution in [0.3, 0.4) is 0 Å². The van der Waals surface area contributed by atoms with E-state index in [1.807, 2.05) is 25.1 Å². The number of ether oxygens (including phenoxy) is 1. The van der Waals surface area contributed by atoms with Gasteiger partial charge in [-0.15, -0.1) is 0 Å². The summed E-state index contributed by atoms with van der Waals surface area (Å²) >= 11 is 6.63. The third-order valence-corrected chi connectivity index (χ3v) is 5.17. The molecule has 0 aliphatic rings. The third-order valence-electron chi connectivity index (χ3n) is 4.03. The number of amides is 2. The number of carbonyl (C=O) groups excluding carboxylic acids is 2. The molecule has 0 fully saturated rings. The molecular weight excluding hydrogens is 420 g/mol. The highest BCUT2D eigenvalue weighted by Gasteiger charge is 2.10. The van der Waals surface area contributed by atoms with Crippen LogP contribution in [-0.4, -0.2) is 28.5 Å². The van der Waals surface area contributed by atoms with Crippen LogP contribution >= 0.6 is 23.6 Å². The third kappa shape index (κ3) is 5.74. The van der Waals surface area contributed by atoms with Crippen LogP contribution in [0.4, 0.5) is 10.8 Å². The average Bonchev–Trinajstić information content (AvgIpc) is 3.13. The van der Waals surface area contributed by atoms with E-state index in [2.05, 4.69) is 20.9 Å². The minimum absolute atomic E-state index is 0.0822. The Balaban J connectivity index is 1.60. The number of hydrogen-bond donors (Lipinski definition) is 3. The molecule has 0 unspecified atom stereocenters. The van der Waals surface area contributed by atoms with Crippen LogP contribution in [0.15, 0.2) is 42.5 Å². The second kappa shape index (κ2) is 10.1. The lowest BCUT2D eigenvalue weighted by Crippen LogP contribution is -2.34. The van der Waals surface area contributed by atoms with Crippen molar-refractivity contribution < 1.29 is 14.3 Å².